The zero-order valence-electron chi connectivity index (χ0n) is 11.1. The number of aryl methyl sites for hydroxylation is 2. The van der Waals surface area contributed by atoms with Gasteiger partial charge < -0.3 is 9.26 Å². The molecule has 0 fully saturated rings. The highest BCUT2D eigenvalue weighted by Crippen LogP contribution is 2.29. The van der Waals surface area contributed by atoms with Crippen molar-refractivity contribution in [3.8, 4) is 5.75 Å². The number of ether oxygens (including phenoxy) is 1. The minimum atomic E-state index is -3.77. The van der Waals surface area contributed by atoms with Gasteiger partial charge in [0.15, 0.2) is 10.7 Å². The molecule has 0 saturated carbocycles. The zero-order valence-corrected chi connectivity index (χ0v) is 12.7. The van der Waals surface area contributed by atoms with Crippen molar-refractivity contribution < 1.29 is 17.7 Å². The lowest BCUT2D eigenvalue weighted by Crippen LogP contribution is -2.14. The van der Waals surface area contributed by atoms with Gasteiger partial charge in [-0.3, -0.25) is 4.72 Å². The van der Waals surface area contributed by atoms with Crippen molar-refractivity contribution in [2.75, 3.05) is 11.8 Å². The number of methoxy groups -OCH3 is 1. The van der Waals surface area contributed by atoms with Gasteiger partial charge in [-0.05, 0) is 32.0 Å². The Morgan fingerprint density at radius 1 is 1.35 bits per heavy atom. The Bertz CT molecular complexity index is 720. The lowest BCUT2D eigenvalue weighted by molar-refractivity contribution is 0.390. The summed E-state index contributed by atoms with van der Waals surface area (Å²) in [5.41, 5.74) is 0.630. The van der Waals surface area contributed by atoms with Crippen molar-refractivity contribution in [2.24, 2.45) is 0 Å². The SMILES string of the molecule is COc1ccc(NS(=O)(=O)c2c(C)noc2C)cc1Cl. The summed E-state index contributed by atoms with van der Waals surface area (Å²) in [4.78, 5) is 0.0319. The monoisotopic (exact) mass is 316 g/mol. The van der Waals surface area contributed by atoms with Crippen molar-refractivity contribution >= 4 is 27.3 Å². The second-order valence-electron chi connectivity index (χ2n) is 4.11. The molecule has 6 nitrogen and oxygen atoms in total. The summed E-state index contributed by atoms with van der Waals surface area (Å²) in [6.45, 7) is 3.10. The molecular weight excluding hydrogens is 304 g/mol. The molecule has 0 atom stereocenters. The van der Waals surface area contributed by atoms with Crippen molar-refractivity contribution in [3.63, 3.8) is 0 Å². The summed E-state index contributed by atoms with van der Waals surface area (Å²) in [5, 5.41) is 3.94. The number of anilines is 1. The molecule has 0 bridgehead atoms. The minimum Gasteiger partial charge on any atom is -0.495 e. The van der Waals surface area contributed by atoms with Crippen LogP contribution in [0.3, 0.4) is 0 Å². The van der Waals surface area contributed by atoms with E-state index >= 15 is 0 Å². The molecule has 1 heterocycles. The molecule has 8 heteroatoms. The molecule has 108 valence electrons. The summed E-state index contributed by atoms with van der Waals surface area (Å²) in [5.74, 6) is 0.696. The normalized spacial score (nSPS) is 11.4. The molecule has 0 spiro atoms. The first-order valence-electron chi connectivity index (χ1n) is 5.64. The van der Waals surface area contributed by atoms with Gasteiger partial charge in [0.25, 0.3) is 10.0 Å². The topological polar surface area (TPSA) is 81.4 Å². The molecule has 20 heavy (non-hydrogen) atoms. The van der Waals surface area contributed by atoms with E-state index in [-0.39, 0.29) is 10.7 Å². The van der Waals surface area contributed by atoms with Gasteiger partial charge in [-0.2, -0.15) is 0 Å². The van der Waals surface area contributed by atoms with E-state index in [0.29, 0.717) is 22.2 Å². The van der Waals surface area contributed by atoms with Gasteiger partial charge in [0.05, 0.1) is 17.8 Å². The van der Waals surface area contributed by atoms with Gasteiger partial charge in [0.1, 0.15) is 11.4 Å². The first-order valence-corrected chi connectivity index (χ1v) is 7.50. The number of aromatic nitrogens is 1. The lowest BCUT2D eigenvalue weighted by atomic mass is 10.3. The number of rotatable bonds is 4. The van der Waals surface area contributed by atoms with Crippen molar-refractivity contribution in [1.82, 2.24) is 5.16 Å². The molecule has 0 saturated heterocycles. The largest absolute Gasteiger partial charge is 0.495 e. The highest BCUT2D eigenvalue weighted by molar-refractivity contribution is 7.92. The molecule has 0 aliphatic heterocycles. The number of sulfonamides is 1. The van der Waals surface area contributed by atoms with Crippen LogP contribution in [-0.2, 0) is 10.0 Å². The number of hydrogen-bond acceptors (Lipinski definition) is 5. The summed E-state index contributed by atoms with van der Waals surface area (Å²) in [7, 11) is -2.29. The van der Waals surface area contributed by atoms with E-state index in [1.807, 2.05) is 0 Å². The Morgan fingerprint density at radius 3 is 2.55 bits per heavy atom. The number of nitrogens with one attached hydrogen (secondary N) is 1. The Morgan fingerprint density at radius 2 is 2.05 bits per heavy atom. The fraction of sp³-hybridized carbons (Fsp3) is 0.250. The van der Waals surface area contributed by atoms with Crippen LogP contribution in [0.15, 0.2) is 27.6 Å². The van der Waals surface area contributed by atoms with Crippen LogP contribution >= 0.6 is 11.6 Å². The maximum Gasteiger partial charge on any atom is 0.267 e. The third kappa shape index (κ3) is 2.73. The fourth-order valence-corrected chi connectivity index (χ4v) is 3.43. The number of nitrogens with zero attached hydrogens (tertiary/aromatic N) is 1. The van der Waals surface area contributed by atoms with Crippen molar-refractivity contribution in [1.29, 1.82) is 0 Å². The molecule has 1 N–H and O–H groups in total. The summed E-state index contributed by atoms with van der Waals surface area (Å²) < 4.78 is 36.9. The van der Waals surface area contributed by atoms with Gasteiger partial charge in [-0.15, -0.1) is 0 Å². The Hall–Kier alpha value is -1.73. The average molecular weight is 317 g/mol. The molecule has 0 radical (unpaired) electrons. The van der Waals surface area contributed by atoms with Gasteiger partial charge in [0.2, 0.25) is 0 Å². The van der Waals surface area contributed by atoms with E-state index in [1.54, 1.807) is 19.1 Å². The van der Waals surface area contributed by atoms with Gasteiger partial charge in [0, 0.05) is 0 Å². The molecule has 0 unspecified atom stereocenters. The van der Waals surface area contributed by atoms with Crippen LogP contribution in [0, 0.1) is 13.8 Å². The molecule has 1 aromatic heterocycles. The first kappa shape index (κ1) is 14.7. The predicted octanol–water partition coefficient (Wildman–Crippen LogP) is 2.75. The van der Waals surface area contributed by atoms with Crippen LogP contribution in [0.5, 0.6) is 5.75 Å². The number of halogens is 1. The quantitative estimate of drug-likeness (QED) is 0.938. The van der Waals surface area contributed by atoms with E-state index in [4.69, 9.17) is 20.9 Å². The predicted molar refractivity (Wildman–Crippen MR) is 74.8 cm³/mol. The first-order chi connectivity index (χ1) is 9.35. The number of benzene rings is 1. The van der Waals surface area contributed by atoms with E-state index in [1.165, 1.54) is 20.1 Å². The van der Waals surface area contributed by atoms with Crippen LogP contribution < -0.4 is 9.46 Å². The van der Waals surface area contributed by atoms with Crippen LogP contribution in [0.4, 0.5) is 5.69 Å². The smallest absolute Gasteiger partial charge is 0.267 e. The second-order valence-corrected chi connectivity index (χ2v) is 6.13. The van der Waals surface area contributed by atoms with Gasteiger partial charge in [-0.1, -0.05) is 16.8 Å². The van der Waals surface area contributed by atoms with E-state index in [9.17, 15) is 8.42 Å². The van der Waals surface area contributed by atoms with E-state index in [0.717, 1.165) is 0 Å². The van der Waals surface area contributed by atoms with Crippen molar-refractivity contribution in [3.05, 3.63) is 34.7 Å². The highest BCUT2D eigenvalue weighted by atomic mass is 35.5. The molecule has 0 aliphatic rings. The van der Waals surface area contributed by atoms with Crippen LogP contribution in [0.2, 0.25) is 5.02 Å². The zero-order chi connectivity index (χ0) is 14.9. The second kappa shape index (κ2) is 5.34. The summed E-state index contributed by atoms with van der Waals surface area (Å²) in [6.07, 6.45) is 0. The molecule has 1 aromatic carbocycles. The molecule has 0 aliphatic carbocycles. The fourth-order valence-electron chi connectivity index (χ4n) is 1.79. The lowest BCUT2D eigenvalue weighted by Gasteiger charge is -2.09. The molecule has 2 aromatic rings. The molecular formula is C12H13ClN2O4S. The van der Waals surface area contributed by atoms with Crippen LogP contribution in [-0.4, -0.2) is 20.7 Å². The van der Waals surface area contributed by atoms with Crippen LogP contribution in [0.1, 0.15) is 11.5 Å². The van der Waals surface area contributed by atoms with Crippen LogP contribution in [0.25, 0.3) is 0 Å². The Balaban J connectivity index is 2.36. The van der Waals surface area contributed by atoms with E-state index < -0.39 is 10.0 Å². The van der Waals surface area contributed by atoms with Gasteiger partial charge in [-0.25, -0.2) is 8.42 Å². The maximum atomic E-state index is 12.3. The summed E-state index contributed by atoms with van der Waals surface area (Å²) >= 11 is 5.96. The average Bonchev–Trinajstić information content (AvgIpc) is 2.69. The van der Waals surface area contributed by atoms with E-state index in [2.05, 4.69) is 9.88 Å². The minimum absolute atomic E-state index is 0.0319. The summed E-state index contributed by atoms with van der Waals surface area (Å²) in [6, 6.07) is 4.60. The van der Waals surface area contributed by atoms with Gasteiger partial charge >= 0.3 is 0 Å². The highest BCUT2D eigenvalue weighted by Gasteiger charge is 2.24. The standard InChI is InChI=1S/C12H13ClN2O4S/c1-7-12(8(2)19-14-7)20(16,17)15-9-4-5-11(18-3)10(13)6-9/h4-6,15H,1-3H3. The Labute approximate surface area is 121 Å². The third-order valence-corrected chi connectivity index (χ3v) is 4.56. The number of hydrogen-bond donors (Lipinski definition) is 1. The third-order valence-electron chi connectivity index (χ3n) is 2.64. The maximum absolute atomic E-state index is 12.3. The Kier molecular flexibility index (Phi) is 3.92. The molecule has 2 rings (SSSR count). The van der Waals surface area contributed by atoms with Crippen molar-refractivity contribution in [2.45, 2.75) is 18.7 Å². The molecule has 0 amide bonds.